The molecule has 1 aromatic heterocycles. The summed E-state index contributed by atoms with van der Waals surface area (Å²) in [5, 5.41) is 3.24. The van der Waals surface area contributed by atoms with Crippen LogP contribution in [0.3, 0.4) is 0 Å². The summed E-state index contributed by atoms with van der Waals surface area (Å²) in [6.45, 7) is 15.8. The first-order chi connectivity index (χ1) is 18.9. The Kier molecular flexibility index (Phi) is 12.4. The van der Waals surface area contributed by atoms with Gasteiger partial charge in [0.1, 0.15) is 5.76 Å². The number of nitrogens with zero attached hydrogens (tertiary/aromatic N) is 4. The number of guanidine groups is 1. The van der Waals surface area contributed by atoms with Gasteiger partial charge in [-0.1, -0.05) is 25.3 Å². The van der Waals surface area contributed by atoms with Gasteiger partial charge >= 0.3 is 0 Å². The normalized spacial score (nSPS) is 24.8. The summed E-state index contributed by atoms with van der Waals surface area (Å²) < 4.78 is 11.9. The van der Waals surface area contributed by atoms with Gasteiger partial charge in [-0.15, -0.1) is 11.3 Å². The fourth-order valence-corrected chi connectivity index (χ4v) is 5.01. The quantitative estimate of drug-likeness (QED) is 0.531. The Hall–Kier alpha value is -3.27. The molecule has 1 saturated heterocycles. The number of aliphatic imine (C=N–C) groups is 2. The van der Waals surface area contributed by atoms with Crippen LogP contribution in [0.15, 0.2) is 82.8 Å². The maximum absolute atomic E-state index is 12.8. The minimum atomic E-state index is -0.0123. The zero-order chi connectivity index (χ0) is 28.0. The Balaban J connectivity index is 1.83. The highest BCUT2D eigenvalue weighted by Gasteiger charge is 2.18. The maximum Gasteiger partial charge on any atom is 0.260 e. The predicted octanol–water partition coefficient (Wildman–Crippen LogP) is 5.04. The molecule has 0 radical (unpaired) electrons. The Morgan fingerprint density at radius 2 is 2.03 bits per heavy atom. The lowest BCUT2D eigenvalue weighted by atomic mass is 10.1. The molecule has 2 aliphatic rings. The molecule has 1 fully saturated rings. The predicted molar refractivity (Wildman–Crippen MR) is 161 cm³/mol. The van der Waals surface area contributed by atoms with Crippen LogP contribution >= 0.6 is 11.3 Å². The number of nitrogens with one attached hydrogen (secondary N) is 1. The molecule has 210 valence electrons. The molecule has 2 aliphatic heterocycles. The minimum Gasteiger partial charge on any atom is -0.483 e. The van der Waals surface area contributed by atoms with Crippen LogP contribution in [-0.4, -0.2) is 73.8 Å². The Bertz CT molecular complexity index is 1160. The van der Waals surface area contributed by atoms with Crippen LogP contribution in [0, 0.1) is 0 Å². The van der Waals surface area contributed by atoms with Gasteiger partial charge in [0.25, 0.3) is 5.91 Å². The molecule has 0 spiro atoms. The van der Waals surface area contributed by atoms with E-state index in [1.54, 1.807) is 11.3 Å². The number of carbonyl (C=O) groups excluding carboxylic acids is 1. The van der Waals surface area contributed by atoms with E-state index in [-0.39, 0.29) is 12.5 Å². The number of carbonyl (C=O) groups is 1. The fourth-order valence-electron chi connectivity index (χ4n) is 4.12. The van der Waals surface area contributed by atoms with Crippen molar-refractivity contribution in [1.82, 2.24) is 15.1 Å². The molecule has 0 atom stereocenters. The molecule has 8 nitrogen and oxygen atoms in total. The number of allylic oxidation sites excluding steroid dienone is 3. The van der Waals surface area contributed by atoms with Crippen molar-refractivity contribution in [3.05, 3.63) is 82.6 Å². The van der Waals surface area contributed by atoms with Crippen molar-refractivity contribution in [2.75, 3.05) is 46.4 Å². The Labute approximate surface area is 236 Å². The average molecular weight is 552 g/mol. The van der Waals surface area contributed by atoms with E-state index in [1.165, 1.54) is 12.6 Å². The number of hydrogen-bond donors (Lipinski definition) is 1. The monoisotopic (exact) mass is 551 g/mol. The first-order valence-electron chi connectivity index (χ1n) is 13.3. The van der Waals surface area contributed by atoms with E-state index in [1.807, 2.05) is 50.1 Å². The molecule has 2 bridgehead atoms. The van der Waals surface area contributed by atoms with Gasteiger partial charge in [-0.05, 0) is 64.4 Å². The summed E-state index contributed by atoms with van der Waals surface area (Å²) in [6.07, 6.45) is 12.6. The number of likely N-dealkylation sites (tertiary alicyclic amines) is 1. The van der Waals surface area contributed by atoms with E-state index in [9.17, 15) is 4.79 Å². The highest BCUT2D eigenvalue weighted by atomic mass is 32.1. The Morgan fingerprint density at radius 3 is 2.79 bits per heavy atom. The van der Waals surface area contributed by atoms with Gasteiger partial charge in [0, 0.05) is 53.4 Å². The molecular formula is C30H41N5O3S. The van der Waals surface area contributed by atoms with Crippen molar-refractivity contribution in [3.63, 3.8) is 0 Å². The van der Waals surface area contributed by atoms with Gasteiger partial charge in [-0.2, -0.15) is 0 Å². The third-order valence-electron chi connectivity index (χ3n) is 6.21. The van der Waals surface area contributed by atoms with E-state index in [2.05, 4.69) is 45.5 Å². The second-order valence-electron chi connectivity index (χ2n) is 9.62. The standard InChI is InChI=1S/C30H41N5O3S/c1-6-31-30-32-24(3)12-14-27(38-22-29(36)35-17-8-7-9-18-35)23(2)20-34(5)16-10-11-19-37-21-26-13-15-28(39-26)25(4)33-30/h6,10-15H,1-2,7-9,16-22H2,3-5H3,(H,31,32)/b11-10+,24-12+,27-14+,33-25+. The molecule has 0 aromatic carbocycles. The number of hydrogen-bond acceptors (Lipinski definition) is 6. The van der Waals surface area contributed by atoms with Crippen molar-refractivity contribution in [3.8, 4) is 0 Å². The number of piperidine rings is 1. The molecular weight excluding hydrogens is 510 g/mol. The minimum absolute atomic E-state index is 0.00639. The molecule has 0 unspecified atom stereocenters. The van der Waals surface area contributed by atoms with Crippen LogP contribution in [0.4, 0.5) is 0 Å². The summed E-state index contributed by atoms with van der Waals surface area (Å²) >= 11 is 1.65. The lowest BCUT2D eigenvalue weighted by molar-refractivity contribution is -0.135. The summed E-state index contributed by atoms with van der Waals surface area (Å²) in [6, 6.07) is 4.11. The molecule has 1 amide bonds. The van der Waals surface area contributed by atoms with Crippen LogP contribution in [0.2, 0.25) is 0 Å². The van der Waals surface area contributed by atoms with Gasteiger partial charge in [0.15, 0.2) is 6.61 Å². The van der Waals surface area contributed by atoms with Crippen molar-refractivity contribution in [2.45, 2.75) is 39.7 Å². The van der Waals surface area contributed by atoms with Gasteiger partial charge in [-0.25, -0.2) is 9.98 Å². The summed E-state index contributed by atoms with van der Waals surface area (Å²) in [5.74, 6) is 1.01. The van der Waals surface area contributed by atoms with Gasteiger partial charge < -0.3 is 19.7 Å². The molecule has 3 heterocycles. The van der Waals surface area contributed by atoms with Crippen molar-refractivity contribution < 1.29 is 14.3 Å². The number of thiophene rings is 1. The van der Waals surface area contributed by atoms with E-state index >= 15 is 0 Å². The van der Waals surface area contributed by atoms with Crippen molar-refractivity contribution in [1.29, 1.82) is 0 Å². The van der Waals surface area contributed by atoms with Gasteiger partial charge in [0.05, 0.1) is 18.9 Å². The van der Waals surface area contributed by atoms with E-state index < -0.39 is 0 Å². The third kappa shape index (κ3) is 10.4. The van der Waals surface area contributed by atoms with E-state index in [0.29, 0.717) is 31.5 Å². The summed E-state index contributed by atoms with van der Waals surface area (Å²) in [5.41, 5.74) is 2.43. The SMILES string of the molecule is C=CN=C1/N=C(\C)c2ccc(s2)COC/C=C/CN(C)CC(=C)/C(OCC(=O)N2CCCCC2)=C\C=C(/C)N1. The second kappa shape index (κ2) is 16.0. The first kappa shape index (κ1) is 30.3. The summed E-state index contributed by atoms with van der Waals surface area (Å²) in [4.78, 5) is 27.9. The average Bonchev–Trinajstić information content (AvgIpc) is 3.39. The highest BCUT2D eigenvalue weighted by Crippen LogP contribution is 2.19. The lowest BCUT2D eigenvalue weighted by Crippen LogP contribution is -2.38. The smallest absolute Gasteiger partial charge is 0.260 e. The van der Waals surface area contributed by atoms with E-state index in [4.69, 9.17) is 9.47 Å². The molecule has 0 aliphatic carbocycles. The van der Waals surface area contributed by atoms with Crippen LogP contribution < -0.4 is 5.32 Å². The number of ether oxygens (including phenoxy) is 2. The number of fused-ring (bicyclic) bond motifs is 2. The second-order valence-corrected chi connectivity index (χ2v) is 10.8. The topological polar surface area (TPSA) is 78.8 Å². The number of likely N-dealkylation sites (N-methyl/N-ethyl adjacent to an activating group) is 1. The Morgan fingerprint density at radius 1 is 1.23 bits per heavy atom. The van der Waals surface area contributed by atoms with Crippen LogP contribution in [0.1, 0.15) is 42.9 Å². The fraction of sp³-hybridized carbons (Fsp3) is 0.433. The zero-order valence-corrected chi connectivity index (χ0v) is 24.3. The van der Waals surface area contributed by atoms with E-state index in [0.717, 1.165) is 59.2 Å². The first-order valence-corrected chi connectivity index (χ1v) is 14.2. The molecule has 9 heteroatoms. The van der Waals surface area contributed by atoms with Crippen LogP contribution in [-0.2, 0) is 20.9 Å². The van der Waals surface area contributed by atoms with Crippen molar-refractivity contribution >= 4 is 28.9 Å². The van der Waals surface area contributed by atoms with Gasteiger partial charge in [-0.3, -0.25) is 9.69 Å². The molecule has 3 rings (SSSR count). The zero-order valence-electron chi connectivity index (χ0n) is 23.4. The van der Waals surface area contributed by atoms with Crippen LogP contribution in [0.25, 0.3) is 0 Å². The number of rotatable bonds is 4. The van der Waals surface area contributed by atoms with Crippen molar-refractivity contribution in [2.24, 2.45) is 9.98 Å². The number of amides is 1. The molecule has 1 aromatic rings. The highest BCUT2D eigenvalue weighted by molar-refractivity contribution is 7.14. The molecule has 0 saturated carbocycles. The lowest BCUT2D eigenvalue weighted by Gasteiger charge is -2.27. The summed E-state index contributed by atoms with van der Waals surface area (Å²) in [7, 11) is 2.02. The van der Waals surface area contributed by atoms with Crippen LogP contribution in [0.5, 0.6) is 0 Å². The maximum atomic E-state index is 12.8. The molecule has 39 heavy (non-hydrogen) atoms. The third-order valence-corrected chi connectivity index (χ3v) is 7.38. The molecule has 1 N–H and O–H groups in total. The largest absolute Gasteiger partial charge is 0.483 e. The van der Waals surface area contributed by atoms with Gasteiger partial charge in [0.2, 0.25) is 5.96 Å².